The monoisotopic (exact) mass is 366 g/mol. The summed E-state index contributed by atoms with van der Waals surface area (Å²) in [4.78, 5) is 21.4. The summed E-state index contributed by atoms with van der Waals surface area (Å²) in [5.74, 6) is 1.37. The van der Waals surface area contributed by atoms with Crippen molar-refractivity contribution in [1.82, 2.24) is 9.88 Å². The number of carbonyl (C=O) groups excluding carboxylic acids is 1. The summed E-state index contributed by atoms with van der Waals surface area (Å²) in [6.45, 7) is 10.2. The van der Waals surface area contributed by atoms with Crippen molar-refractivity contribution >= 4 is 23.1 Å². The molecule has 1 unspecified atom stereocenters. The summed E-state index contributed by atoms with van der Waals surface area (Å²) < 4.78 is 0. The van der Waals surface area contributed by atoms with Gasteiger partial charge in [-0.15, -0.1) is 0 Å². The van der Waals surface area contributed by atoms with E-state index in [9.17, 15) is 4.79 Å². The highest BCUT2D eigenvalue weighted by atomic mass is 16.2. The lowest BCUT2D eigenvalue weighted by Crippen LogP contribution is -2.39. The first kappa shape index (κ1) is 19.2. The molecule has 1 atom stereocenters. The van der Waals surface area contributed by atoms with Crippen LogP contribution in [0.5, 0.6) is 0 Å². The van der Waals surface area contributed by atoms with Crippen LogP contribution < -0.4 is 10.2 Å². The summed E-state index contributed by atoms with van der Waals surface area (Å²) >= 11 is 0. The van der Waals surface area contributed by atoms with Crippen molar-refractivity contribution in [2.45, 2.75) is 33.6 Å². The fourth-order valence-electron chi connectivity index (χ4n) is 3.68. The molecule has 0 radical (unpaired) electrons. The zero-order chi connectivity index (χ0) is 19.2. The van der Waals surface area contributed by atoms with E-state index in [1.807, 2.05) is 11.0 Å². The van der Waals surface area contributed by atoms with Crippen LogP contribution in [0, 0.1) is 5.92 Å². The quantitative estimate of drug-likeness (QED) is 0.815. The third-order valence-electron chi connectivity index (χ3n) is 5.22. The average molecular weight is 367 g/mol. The number of aromatic nitrogens is 1. The maximum atomic E-state index is 12.8. The molecule has 0 spiro atoms. The van der Waals surface area contributed by atoms with Crippen molar-refractivity contribution in [3.05, 3.63) is 48.2 Å². The topological polar surface area (TPSA) is 48.5 Å². The molecular formula is C22H30N4O. The number of piperidine rings is 1. The van der Waals surface area contributed by atoms with E-state index in [4.69, 9.17) is 0 Å². The Morgan fingerprint density at radius 1 is 1.22 bits per heavy atom. The minimum atomic E-state index is 0.101. The standard InChI is InChI=1S/C22H30N4O/c1-4-25(5-2)20-10-8-19(9-11-20)24-21-15-18(12-13-23-21)22(27)26-14-6-7-17(3)16-26/h8-13,15,17H,4-7,14,16H2,1-3H3,(H,23,24). The van der Waals surface area contributed by atoms with Crippen molar-refractivity contribution in [2.24, 2.45) is 5.92 Å². The van der Waals surface area contributed by atoms with E-state index in [1.54, 1.807) is 12.3 Å². The van der Waals surface area contributed by atoms with Crippen LogP contribution in [0.25, 0.3) is 0 Å². The Balaban J connectivity index is 1.69. The van der Waals surface area contributed by atoms with Crippen LogP contribution in [-0.2, 0) is 0 Å². The molecular weight excluding hydrogens is 336 g/mol. The predicted molar refractivity (Wildman–Crippen MR) is 112 cm³/mol. The van der Waals surface area contributed by atoms with E-state index in [-0.39, 0.29) is 5.91 Å². The van der Waals surface area contributed by atoms with E-state index < -0.39 is 0 Å². The van der Waals surface area contributed by atoms with E-state index in [2.05, 4.69) is 60.2 Å². The minimum Gasteiger partial charge on any atom is -0.372 e. The zero-order valence-electron chi connectivity index (χ0n) is 16.6. The number of benzene rings is 1. The molecule has 1 saturated heterocycles. The van der Waals surface area contributed by atoms with Crippen LogP contribution in [-0.4, -0.2) is 42.0 Å². The highest BCUT2D eigenvalue weighted by molar-refractivity contribution is 5.95. The molecule has 0 aliphatic carbocycles. The number of nitrogens with zero attached hydrogens (tertiary/aromatic N) is 3. The molecule has 3 rings (SSSR count). The zero-order valence-corrected chi connectivity index (χ0v) is 16.6. The molecule has 1 aromatic heterocycles. The fraction of sp³-hybridized carbons (Fsp3) is 0.455. The summed E-state index contributed by atoms with van der Waals surface area (Å²) in [6.07, 6.45) is 3.99. The number of anilines is 3. The van der Waals surface area contributed by atoms with Gasteiger partial charge in [0.15, 0.2) is 0 Å². The second-order valence-corrected chi connectivity index (χ2v) is 7.27. The molecule has 1 amide bonds. The van der Waals surface area contributed by atoms with Gasteiger partial charge in [0.05, 0.1) is 0 Å². The number of hydrogen-bond donors (Lipinski definition) is 1. The third-order valence-corrected chi connectivity index (χ3v) is 5.22. The van der Waals surface area contributed by atoms with Gasteiger partial charge < -0.3 is 15.1 Å². The summed E-state index contributed by atoms with van der Waals surface area (Å²) in [6, 6.07) is 12.0. The van der Waals surface area contributed by atoms with Gasteiger partial charge in [-0.3, -0.25) is 4.79 Å². The van der Waals surface area contributed by atoms with Crippen LogP contribution in [0.3, 0.4) is 0 Å². The number of rotatable bonds is 6. The van der Waals surface area contributed by atoms with Crippen molar-refractivity contribution < 1.29 is 4.79 Å². The van der Waals surface area contributed by atoms with Gasteiger partial charge in [-0.25, -0.2) is 4.98 Å². The number of amides is 1. The molecule has 2 heterocycles. The maximum absolute atomic E-state index is 12.8. The molecule has 1 aliphatic rings. The molecule has 5 nitrogen and oxygen atoms in total. The van der Waals surface area contributed by atoms with Gasteiger partial charge in [0.25, 0.3) is 5.91 Å². The van der Waals surface area contributed by atoms with Gasteiger partial charge in [0.2, 0.25) is 0 Å². The average Bonchev–Trinajstić information content (AvgIpc) is 2.70. The molecule has 144 valence electrons. The lowest BCUT2D eigenvalue weighted by molar-refractivity contribution is 0.0683. The number of pyridine rings is 1. The molecule has 5 heteroatoms. The molecule has 2 aromatic rings. The van der Waals surface area contributed by atoms with Gasteiger partial charge in [0, 0.05) is 49.3 Å². The molecule has 1 aliphatic heterocycles. The Bertz CT molecular complexity index is 755. The third kappa shape index (κ3) is 4.79. The Morgan fingerprint density at radius 3 is 2.63 bits per heavy atom. The Labute approximate surface area is 162 Å². The second-order valence-electron chi connectivity index (χ2n) is 7.27. The number of hydrogen-bond acceptors (Lipinski definition) is 4. The van der Waals surface area contributed by atoms with Crippen LogP contribution in [0.1, 0.15) is 44.0 Å². The second kappa shape index (κ2) is 8.89. The first-order valence-electron chi connectivity index (χ1n) is 9.98. The van der Waals surface area contributed by atoms with Crippen molar-refractivity contribution in [3.8, 4) is 0 Å². The van der Waals surface area contributed by atoms with Gasteiger partial charge in [-0.05, 0) is 69.0 Å². The first-order valence-corrected chi connectivity index (χ1v) is 9.98. The van der Waals surface area contributed by atoms with Crippen molar-refractivity contribution in [1.29, 1.82) is 0 Å². The molecule has 0 saturated carbocycles. The lowest BCUT2D eigenvalue weighted by atomic mass is 9.99. The molecule has 1 fully saturated rings. The Hall–Kier alpha value is -2.56. The smallest absolute Gasteiger partial charge is 0.254 e. The van der Waals surface area contributed by atoms with E-state index in [0.29, 0.717) is 17.3 Å². The van der Waals surface area contributed by atoms with E-state index >= 15 is 0 Å². The number of nitrogens with one attached hydrogen (secondary N) is 1. The minimum absolute atomic E-state index is 0.101. The largest absolute Gasteiger partial charge is 0.372 e. The van der Waals surface area contributed by atoms with Crippen LogP contribution in [0.15, 0.2) is 42.6 Å². The van der Waals surface area contributed by atoms with Gasteiger partial charge in [0.1, 0.15) is 5.82 Å². The highest BCUT2D eigenvalue weighted by Gasteiger charge is 2.22. The van der Waals surface area contributed by atoms with Crippen molar-refractivity contribution in [2.75, 3.05) is 36.4 Å². The van der Waals surface area contributed by atoms with E-state index in [1.165, 1.54) is 12.1 Å². The summed E-state index contributed by atoms with van der Waals surface area (Å²) in [5.41, 5.74) is 2.87. The van der Waals surface area contributed by atoms with Crippen LogP contribution >= 0.6 is 0 Å². The van der Waals surface area contributed by atoms with Crippen LogP contribution in [0.2, 0.25) is 0 Å². The molecule has 0 bridgehead atoms. The Morgan fingerprint density at radius 2 is 1.96 bits per heavy atom. The number of carbonyl (C=O) groups is 1. The summed E-state index contributed by atoms with van der Waals surface area (Å²) in [5, 5.41) is 3.31. The Kier molecular flexibility index (Phi) is 6.32. The first-order chi connectivity index (χ1) is 13.1. The number of likely N-dealkylation sites (tertiary alicyclic amines) is 1. The SMILES string of the molecule is CCN(CC)c1ccc(Nc2cc(C(=O)N3CCCC(C)C3)ccn2)cc1. The molecule has 27 heavy (non-hydrogen) atoms. The summed E-state index contributed by atoms with van der Waals surface area (Å²) in [7, 11) is 0. The molecule has 1 aromatic carbocycles. The van der Waals surface area contributed by atoms with Crippen LogP contribution in [0.4, 0.5) is 17.2 Å². The lowest BCUT2D eigenvalue weighted by Gasteiger charge is -2.31. The van der Waals surface area contributed by atoms with Gasteiger partial charge >= 0.3 is 0 Å². The normalized spacial score (nSPS) is 16.9. The highest BCUT2D eigenvalue weighted by Crippen LogP contribution is 2.22. The fourth-order valence-corrected chi connectivity index (χ4v) is 3.68. The van der Waals surface area contributed by atoms with Crippen molar-refractivity contribution in [3.63, 3.8) is 0 Å². The van der Waals surface area contributed by atoms with Gasteiger partial charge in [-0.2, -0.15) is 0 Å². The predicted octanol–water partition coefficient (Wildman–Crippen LogP) is 4.54. The van der Waals surface area contributed by atoms with E-state index in [0.717, 1.165) is 38.3 Å². The maximum Gasteiger partial charge on any atom is 0.254 e. The van der Waals surface area contributed by atoms with Gasteiger partial charge in [-0.1, -0.05) is 6.92 Å². The molecule has 1 N–H and O–H groups in total.